The van der Waals surface area contributed by atoms with E-state index in [0.29, 0.717) is 26.2 Å². The number of piperidine rings is 1. The zero-order chi connectivity index (χ0) is 14.8. The molecule has 1 unspecified atom stereocenters. The summed E-state index contributed by atoms with van der Waals surface area (Å²) >= 11 is 0. The van der Waals surface area contributed by atoms with Crippen LogP contribution in [0.2, 0.25) is 0 Å². The number of nitrogens with two attached hydrogens (primary N) is 1. The fourth-order valence-electron chi connectivity index (χ4n) is 2.28. The predicted octanol–water partition coefficient (Wildman–Crippen LogP) is 0.394. The van der Waals surface area contributed by atoms with E-state index >= 15 is 0 Å². The van der Waals surface area contributed by atoms with Crippen molar-refractivity contribution < 1.29 is 19.0 Å². The van der Waals surface area contributed by atoms with Gasteiger partial charge in [-0.3, -0.25) is 4.79 Å². The van der Waals surface area contributed by atoms with Gasteiger partial charge in [0.15, 0.2) is 0 Å². The maximum absolute atomic E-state index is 12.1. The molecule has 0 saturated carbocycles. The van der Waals surface area contributed by atoms with E-state index in [4.69, 9.17) is 19.9 Å². The number of nitrogens with zero attached hydrogens (tertiary/aromatic N) is 1. The Morgan fingerprint density at radius 1 is 1.35 bits per heavy atom. The molecular formula is C14H28N2O4. The van der Waals surface area contributed by atoms with Crippen LogP contribution in [0.15, 0.2) is 0 Å². The number of amides is 1. The molecule has 118 valence electrons. The van der Waals surface area contributed by atoms with Crippen LogP contribution in [-0.4, -0.2) is 69.6 Å². The Bertz CT molecular complexity index is 264. The van der Waals surface area contributed by atoms with Crippen LogP contribution in [0.3, 0.4) is 0 Å². The van der Waals surface area contributed by atoms with Crippen LogP contribution in [0.25, 0.3) is 0 Å². The largest absolute Gasteiger partial charge is 0.380 e. The molecule has 0 spiro atoms. The van der Waals surface area contributed by atoms with Crippen LogP contribution in [0.4, 0.5) is 0 Å². The van der Waals surface area contributed by atoms with Crippen molar-refractivity contribution in [1.29, 1.82) is 0 Å². The molecule has 6 heteroatoms. The highest BCUT2D eigenvalue weighted by Gasteiger charge is 2.24. The van der Waals surface area contributed by atoms with Gasteiger partial charge in [-0.15, -0.1) is 0 Å². The average molecular weight is 288 g/mol. The van der Waals surface area contributed by atoms with Crippen molar-refractivity contribution in [3.05, 3.63) is 0 Å². The quantitative estimate of drug-likeness (QED) is 0.621. The van der Waals surface area contributed by atoms with Gasteiger partial charge in [-0.05, 0) is 19.8 Å². The first kappa shape index (κ1) is 17.4. The van der Waals surface area contributed by atoms with Crippen molar-refractivity contribution in [3.8, 4) is 0 Å². The first-order valence-corrected chi connectivity index (χ1v) is 7.41. The van der Waals surface area contributed by atoms with E-state index in [1.165, 1.54) is 0 Å². The normalized spacial score (nSPS) is 18.2. The summed E-state index contributed by atoms with van der Waals surface area (Å²) in [7, 11) is 1.59. The smallest absolute Gasteiger partial charge is 0.225 e. The van der Waals surface area contributed by atoms with Gasteiger partial charge in [0.1, 0.15) is 0 Å². The van der Waals surface area contributed by atoms with Gasteiger partial charge in [0.2, 0.25) is 5.91 Å². The summed E-state index contributed by atoms with van der Waals surface area (Å²) in [5.41, 5.74) is 5.54. The lowest BCUT2D eigenvalue weighted by Crippen LogP contribution is -2.43. The predicted molar refractivity (Wildman–Crippen MR) is 76.5 cm³/mol. The lowest BCUT2D eigenvalue weighted by atomic mass is 10.1. The summed E-state index contributed by atoms with van der Waals surface area (Å²) in [6.45, 7) is 5.83. The molecule has 1 atom stereocenters. The zero-order valence-corrected chi connectivity index (χ0v) is 12.7. The third-order valence-corrected chi connectivity index (χ3v) is 3.58. The zero-order valence-electron chi connectivity index (χ0n) is 12.7. The number of ether oxygens (including phenoxy) is 3. The summed E-state index contributed by atoms with van der Waals surface area (Å²) in [5.74, 6) is 0.120. The monoisotopic (exact) mass is 288 g/mol. The average Bonchev–Trinajstić information content (AvgIpc) is 2.49. The Morgan fingerprint density at radius 3 is 2.60 bits per heavy atom. The van der Waals surface area contributed by atoms with Crippen LogP contribution >= 0.6 is 0 Å². The van der Waals surface area contributed by atoms with E-state index in [1.54, 1.807) is 7.11 Å². The van der Waals surface area contributed by atoms with Crippen molar-refractivity contribution in [3.63, 3.8) is 0 Å². The molecular weight excluding hydrogens is 260 g/mol. The third kappa shape index (κ3) is 6.17. The Hall–Kier alpha value is -0.690. The number of hydrogen-bond acceptors (Lipinski definition) is 5. The van der Waals surface area contributed by atoms with Crippen LogP contribution in [0, 0.1) is 0 Å². The van der Waals surface area contributed by atoms with E-state index in [2.05, 4.69) is 0 Å². The standard InChI is InChI=1S/C14H28N2O4/c1-3-19-8-9-20-12-4-6-16(7-5-12)14(17)10-13(11-15)18-2/h12-13H,3-11,15H2,1-2H3. The molecule has 0 aromatic carbocycles. The lowest BCUT2D eigenvalue weighted by molar-refractivity contribution is -0.136. The fourth-order valence-corrected chi connectivity index (χ4v) is 2.28. The molecule has 1 aliphatic rings. The van der Waals surface area contributed by atoms with Gasteiger partial charge in [0.25, 0.3) is 0 Å². The van der Waals surface area contributed by atoms with Crippen LogP contribution in [0.5, 0.6) is 0 Å². The number of methoxy groups -OCH3 is 1. The van der Waals surface area contributed by atoms with E-state index in [-0.39, 0.29) is 18.1 Å². The SMILES string of the molecule is CCOCCOC1CCN(C(=O)CC(CN)OC)CC1. The van der Waals surface area contributed by atoms with Gasteiger partial charge >= 0.3 is 0 Å². The van der Waals surface area contributed by atoms with Gasteiger partial charge in [-0.2, -0.15) is 0 Å². The molecule has 1 amide bonds. The minimum absolute atomic E-state index is 0.120. The lowest BCUT2D eigenvalue weighted by Gasteiger charge is -2.32. The topological polar surface area (TPSA) is 74.0 Å². The van der Waals surface area contributed by atoms with Crippen molar-refractivity contribution in [2.45, 2.75) is 38.4 Å². The minimum Gasteiger partial charge on any atom is -0.380 e. The highest BCUT2D eigenvalue weighted by Crippen LogP contribution is 2.15. The third-order valence-electron chi connectivity index (χ3n) is 3.58. The van der Waals surface area contributed by atoms with Crippen molar-refractivity contribution in [2.75, 3.05) is 46.6 Å². The highest BCUT2D eigenvalue weighted by atomic mass is 16.5. The maximum Gasteiger partial charge on any atom is 0.225 e. The fraction of sp³-hybridized carbons (Fsp3) is 0.929. The van der Waals surface area contributed by atoms with E-state index in [0.717, 1.165) is 32.5 Å². The maximum atomic E-state index is 12.1. The number of likely N-dealkylation sites (tertiary alicyclic amines) is 1. The van der Waals surface area contributed by atoms with Crippen LogP contribution in [0.1, 0.15) is 26.2 Å². The van der Waals surface area contributed by atoms with Crippen molar-refractivity contribution >= 4 is 5.91 Å². The molecule has 1 rings (SSSR count). The van der Waals surface area contributed by atoms with Crippen molar-refractivity contribution in [2.24, 2.45) is 5.73 Å². The molecule has 0 aliphatic carbocycles. The Labute approximate surface area is 121 Å². The molecule has 0 aromatic heterocycles. The molecule has 1 saturated heterocycles. The van der Waals surface area contributed by atoms with Crippen LogP contribution in [-0.2, 0) is 19.0 Å². The molecule has 1 fully saturated rings. The second kappa shape index (κ2) is 10.1. The second-order valence-corrected chi connectivity index (χ2v) is 4.95. The first-order chi connectivity index (χ1) is 9.71. The minimum atomic E-state index is -0.178. The Balaban J connectivity index is 2.19. The van der Waals surface area contributed by atoms with Crippen molar-refractivity contribution in [1.82, 2.24) is 4.90 Å². The first-order valence-electron chi connectivity index (χ1n) is 7.41. The summed E-state index contributed by atoms with van der Waals surface area (Å²) in [5, 5.41) is 0. The summed E-state index contributed by atoms with van der Waals surface area (Å²) < 4.78 is 16.1. The second-order valence-electron chi connectivity index (χ2n) is 4.95. The van der Waals surface area contributed by atoms with Gasteiger partial charge in [-0.25, -0.2) is 0 Å². The Kier molecular flexibility index (Phi) is 8.77. The van der Waals surface area contributed by atoms with E-state index < -0.39 is 0 Å². The van der Waals surface area contributed by atoms with E-state index in [9.17, 15) is 4.79 Å². The van der Waals surface area contributed by atoms with Gasteiger partial charge in [0, 0.05) is 33.4 Å². The number of hydrogen-bond donors (Lipinski definition) is 1. The summed E-state index contributed by atoms with van der Waals surface area (Å²) in [6, 6.07) is 0. The highest BCUT2D eigenvalue weighted by molar-refractivity contribution is 5.76. The molecule has 0 bridgehead atoms. The molecule has 1 aliphatic heterocycles. The summed E-state index contributed by atoms with van der Waals surface area (Å²) in [4.78, 5) is 13.9. The Morgan fingerprint density at radius 2 is 2.05 bits per heavy atom. The molecule has 0 aromatic rings. The molecule has 6 nitrogen and oxygen atoms in total. The van der Waals surface area contributed by atoms with E-state index in [1.807, 2.05) is 11.8 Å². The number of rotatable bonds is 9. The molecule has 0 radical (unpaired) electrons. The van der Waals surface area contributed by atoms with Gasteiger partial charge in [-0.1, -0.05) is 0 Å². The molecule has 2 N–H and O–H groups in total. The summed E-state index contributed by atoms with van der Waals surface area (Å²) in [6.07, 6.45) is 2.20. The van der Waals surface area contributed by atoms with Gasteiger partial charge < -0.3 is 24.8 Å². The molecule has 1 heterocycles. The number of carbonyl (C=O) groups is 1. The molecule has 20 heavy (non-hydrogen) atoms. The van der Waals surface area contributed by atoms with Gasteiger partial charge in [0.05, 0.1) is 31.8 Å². The number of carbonyl (C=O) groups excluding carboxylic acids is 1. The van der Waals surface area contributed by atoms with Crippen LogP contribution < -0.4 is 5.73 Å².